The number of rotatable bonds is 2. The molecule has 2 aliphatic carbocycles. The van der Waals surface area contributed by atoms with E-state index in [1.165, 1.54) is 24.3 Å². The number of aryl methyl sites for hydroxylation is 1. The molecule has 9 heteroatoms. The highest BCUT2D eigenvalue weighted by Gasteiger charge is 2.37. The van der Waals surface area contributed by atoms with E-state index in [0.29, 0.717) is 22.3 Å². The van der Waals surface area contributed by atoms with Gasteiger partial charge in [0.05, 0.1) is 42.0 Å². The van der Waals surface area contributed by atoms with E-state index in [1.54, 1.807) is 12.1 Å². The van der Waals surface area contributed by atoms with Gasteiger partial charge >= 0.3 is 6.18 Å². The van der Waals surface area contributed by atoms with Crippen LogP contribution in [0.2, 0.25) is 0 Å². The third-order valence-corrected chi connectivity index (χ3v) is 7.21. The minimum atomic E-state index is -4.60. The second-order valence-electron chi connectivity index (χ2n) is 9.50. The Balaban J connectivity index is 1.89. The number of benzene rings is 3. The fourth-order valence-electron chi connectivity index (χ4n) is 5.34. The van der Waals surface area contributed by atoms with Crippen molar-refractivity contribution in [2.24, 2.45) is 0 Å². The van der Waals surface area contributed by atoms with E-state index in [4.69, 9.17) is 13.1 Å². The van der Waals surface area contributed by atoms with Crippen LogP contribution < -0.4 is 0 Å². The maximum Gasteiger partial charge on any atom is 0.416 e. The van der Waals surface area contributed by atoms with E-state index in [9.17, 15) is 34.2 Å². The average molecular weight is 563 g/mol. The molecule has 5 rings (SSSR count). The van der Waals surface area contributed by atoms with Crippen molar-refractivity contribution in [1.82, 2.24) is 0 Å². The number of hydrogen-bond donors (Lipinski definition) is 0. The fraction of sp³-hybridized carbons (Fsp3) is 0.0588. The van der Waals surface area contributed by atoms with E-state index in [1.807, 2.05) is 31.2 Å². The Morgan fingerprint density at radius 2 is 1.05 bits per heavy atom. The molecule has 3 aromatic carbocycles. The molecule has 43 heavy (non-hydrogen) atoms. The third kappa shape index (κ3) is 4.32. The molecule has 0 saturated heterocycles. The van der Waals surface area contributed by atoms with Gasteiger partial charge in [-0.15, -0.1) is 0 Å². The maximum atomic E-state index is 13.3. The smallest absolute Gasteiger partial charge is 0.226 e. The standard InChI is InChI=1S/C34H13F3N6/c1-18-4-6-19(7-5-18)30-26(14-38)22-12-23-25(13-24(22)32(30)28(16-40)42-2)33(29(17-41)43-3)31(27(23)15-39)20-8-10-21(11-9-20)34(35,36)37/h4-13H,1H3/b32-28-,33-29+. The zero-order valence-corrected chi connectivity index (χ0v) is 22.1. The van der Waals surface area contributed by atoms with Crippen LogP contribution in [0.3, 0.4) is 0 Å². The lowest BCUT2D eigenvalue weighted by Crippen LogP contribution is -2.04. The zero-order chi connectivity index (χ0) is 31.1. The number of nitrogens with zero attached hydrogens (tertiary/aromatic N) is 6. The molecule has 2 aliphatic rings. The van der Waals surface area contributed by atoms with Crippen LogP contribution >= 0.6 is 0 Å². The average Bonchev–Trinajstić information content (AvgIpc) is 3.49. The molecular formula is C34H13F3N6. The van der Waals surface area contributed by atoms with Crippen molar-refractivity contribution in [3.8, 4) is 24.3 Å². The Morgan fingerprint density at radius 3 is 1.40 bits per heavy atom. The Morgan fingerprint density at radius 1 is 0.651 bits per heavy atom. The normalized spacial score (nSPS) is 15.7. The first-order chi connectivity index (χ1) is 20.6. The number of halogens is 3. The lowest BCUT2D eigenvalue weighted by molar-refractivity contribution is -0.137. The Bertz CT molecular complexity index is 2120. The monoisotopic (exact) mass is 562 g/mol. The number of allylic oxidation sites excluding steroid dienone is 8. The van der Waals surface area contributed by atoms with Crippen LogP contribution in [0, 0.1) is 65.4 Å². The predicted molar refractivity (Wildman–Crippen MR) is 152 cm³/mol. The van der Waals surface area contributed by atoms with Crippen LogP contribution in [-0.2, 0) is 6.18 Å². The number of nitriles is 4. The molecule has 0 amide bonds. The van der Waals surface area contributed by atoms with Crippen molar-refractivity contribution in [2.45, 2.75) is 13.1 Å². The van der Waals surface area contributed by atoms with Crippen molar-refractivity contribution in [3.05, 3.63) is 139 Å². The zero-order valence-electron chi connectivity index (χ0n) is 22.1. The van der Waals surface area contributed by atoms with E-state index in [2.05, 4.69) is 21.8 Å². The molecule has 0 saturated carbocycles. The lowest BCUT2D eigenvalue weighted by atomic mass is 9.91. The quantitative estimate of drug-likeness (QED) is 0.232. The fourth-order valence-corrected chi connectivity index (χ4v) is 5.34. The van der Waals surface area contributed by atoms with Crippen molar-refractivity contribution in [3.63, 3.8) is 0 Å². The highest BCUT2D eigenvalue weighted by Crippen LogP contribution is 2.54. The molecule has 6 nitrogen and oxygen atoms in total. The van der Waals surface area contributed by atoms with E-state index < -0.39 is 17.4 Å². The summed E-state index contributed by atoms with van der Waals surface area (Å²) in [7, 11) is 0. The summed E-state index contributed by atoms with van der Waals surface area (Å²) < 4.78 is 39.8. The molecule has 0 spiro atoms. The summed E-state index contributed by atoms with van der Waals surface area (Å²) in [6.45, 7) is 17.2. The summed E-state index contributed by atoms with van der Waals surface area (Å²) in [5.41, 5.74) is 2.14. The first kappa shape index (κ1) is 27.9. The number of fused-ring (bicyclic) bond motifs is 2. The van der Waals surface area contributed by atoms with Gasteiger partial charge in [-0.25, -0.2) is 20.2 Å². The highest BCUT2D eigenvalue weighted by molar-refractivity contribution is 6.29. The van der Waals surface area contributed by atoms with E-state index in [0.717, 1.165) is 17.7 Å². The summed E-state index contributed by atoms with van der Waals surface area (Å²) in [6.07, 6.45) is -4.60. The lowest BCUT2D eigenvalue weighted by Gasteiger charge is -2.13. The predicted octanol–water partition coefficient (Wildman–Crippen LogP) is 8.22. The van der Waals surface area contributed by atoms with Crippen LogP contribution in [-0.4, -0.2) is 0 Å². The van der Waals surface area contributed by atoms with Crippen LogP contribution in [0.1, 0.15) is 44.5 Å². The molecular weight excluding hydrogens is 549 g/mol. The van der Waals surface area contributed by atoms with Crippen molar-refractivity contribution < 1.29 is 13.2 Å². The second kappa shape index (κ2) is 10.4. The summed E-state index contributed by atoms with van der Waals surface area (Å²) in [4.78, 5) is 6.75. The molecule has 0 N–H and O–H groups in total. The maximum absolute atomic E-state index is 13.3. The van der Waals surface area contributed by atoms with Crippen molar-refractivity contribution in [1.29, 1.82) is 21.0 Å². The third-order valence-electron chi connectivity index (χ3n) is 7.21. The summed E-state index contributed by atoms with van der Waals surface area (Å²) in [5, 5.41) is 40.3. The van der Waals surface area contributed by atoms with E-state index in [-0.39, 0.29) is 50.3 Å². The van der Waals surface area contributed by atoms with Gasteiger partial charge < -0.3 is 0 Å². The van der Waals surface area contributed by atoms with E-state index >= 15 is 0 Å². The van der Waals surface area contributed by atoms with Gasteiger partial charge in [0.25, 0.3) is 11.4 Å². The highest BCUT2D eigenvalue weighted by atomic mass is 19.4. The summed E-state index contributed by atoms with van der Waals surface area (Å²) in [6, 6.07) is 22.3. The SMILES string of the molecule is [C-]#[N+]/C(C#N)=C1\C(c2ccc(C)cc2)=C(C#N)c2cc3c(cc21)/C(=C(/C#N)[N+]#[C-])C(c1ccc(C(F)(F)F)cc1)=C3C#N. The molecule has 0 heterocycles. The van der Waals surface area contributed by atoms with Gasteiger partial charge in [-0.05, 0) is 64.6 Å². The molecule has 0 atom stereocenters. The van der Waals surface area contributed by atoms with Gasteiger partial charge in [0, 0.05) is 22.3 Å². The largest absolute Gasteiger partial charge is 0.416 e. The number of alkyl halides is 3. The van der Waals surface area contributed by atoms with Gasteiger partial charge in [-0.1, -0.05) is 42.0 Å². The molecule has 0 radical (unpaired) electrons. The second-order valence-corrected chi connectivity index (χ2v) is 9.50. The van der Waals surface area contributed by atoms with Gasteiger partial charge in [-0.3, -0.25) is 0 Å². The van der Waals surface area contributed by atoms with Crippen molar-refractivity contribution in [2.75, 3.05) is 0 Å². The van der Waals surface area contributed by atoms with Crippen molar-refractivity contribution >= 4 is 33.4 Å². The Kier molecular flexibility index (Phi) is 6.74. The minimum Gasteiger partial charge on any atom is -0.226 e. The van der Waals surface area contributed by atoms with Crippen LogP contribution in [0.15, 0.2) is 72.1 Å². The topological polar surface area (TPSA) is 104 Å². The van der Waals surface area contributed by atoms with Gasteiger partial charge in [0.2, 0.25) is 0 Å². The molecule has 3 aromatic rings. The first-order valence-electron chi connectivity index (χ1n) is 12.4. The van der Waals surface area contributed by atoms with Crippen LogP contribution in [0.25, 0.3) is 43.1 Å². The van der Waals surface area contributed by atoms with Gasteiger partial charge in [-0.2, -0.15) is 23.7 Å². The summed E-state index contributed by atoms with van der Waals surface area (Å²) in [5.74, 6) is 0. The molecule has 200 valence electrons. The molecule has 0 aromatic heterocycles. The molecule has 0 unspecified atom stereocenters. The van der Waals surface area contributed by atoms with Crippen LogP contribution in [0.5, 0.6) is 0 Å². The molecule has 0 bridgehead atoms. The minimum absolute atomic E-state index is 0.00116. The van der Waals surface area contributed by atoms with Crippen LogP contribution in [0.4, 0.5) is 13.2 Å². The Labute approximate surface area is 244 Å². The Hall–Kier alpha value is -6.65. The summed E-state index contributed by atoms with van der Waals surface area (Å²) >= 11 is 0. The first-order valence-corrected chi connectivity index (χ1v) is 12.4. The molecule has 0 aliphatic heterocycles. The number of hydrogen-bond acceptors (Lipinski definition) is 4. The van der Waals surface area contributed by atoms with Gasteiger partial charge in [0.15, 0.2) is 0 Å². The molecule has 0 fully saturated rings. The van der Waals surface area contributed by atoms with Gasteiger partial charge in [0.1, 0.15) is 12.1 Å².